The summed E-state index contributed by atoms with van der Waals surface area (Å²) in [6.07, 6.45) is 17.2. The maximum atomic E-state index is 4.60. The lowest BCUT2D eigenvalue weighted by Gasteiger charge is -2.08. The summed E-state index contributed by atoms with van der Waals surface area (Å²) in [6.45, 7) is 6.84. The van der Waals surface area contributed by atoms with Crippen LogP contribution in [0.3, 0.4) is 0 Å². The highest BCUT2D eigenvalue weighted by Crippen LogP contribution is 2.24. The van der Waals surface area contributed by atoms with Gasteiger partial charge < -0.3 is 0 Å². The maximum Gasteiger partial charge on any atom is 0.159 e. The number of benzene rings is 1. The van der Waals surface area contributed by atoms with Crippen LogP contribution in [0.25, 0.3) is 11.4 Å². The van der Waals surface area contributed by atoms with Crippen LogP contribution in [0.4, 0.5) is 0 Å². The zero-order valence-electron chi connectivity index (χ0n) is 18.1. The molecule has 1 unspecified atom stereocenters. The lowest BCUT2D eigenvalue weighted by atomic mass is 10.1. The fourth-order valence-corrected chi connectivity index (χ4v) is 4.19. The first-order valence-electron chi connectivity index (χ1n) is 11.3. The third kappa shape index (κ3) is 8.77. The van der Waals surface area contributed by atoms with Crippen molar-refractivity contribution in [2.75, 3.05) is 5.75 Å². The van der Waals surface area contributed by atoms with E-state index in [1.54, 1.807) is 0 Å². The van der Waals surface area contributed by atoms with Gasteiger partial charge in [-0.25, -0.2) is 9.97 Å². The van der Waals surface area contributed by atoms with Gasteiger partial charge >= 0.3 is 0 Å². The Kier molecular flexibility index (Phi) is 11.3. The van der Waals surface area contributed by atoms with Crippen molar-refractivity contribution < 1.29 is 0 Å². The first kappa shape index (κ1) is 22.9. The highest BCUT2D eigenvalue weighted by molar-refractivity contribution is 7.99. The SMILES string of the molecule is CCCCCCCCCCc1cnc(-c2ccc(SCC(C)CC)cc2)nc1. The van der Waals surface area contributed by atoms with Crippen LogP contribution in [0, 0.1) is 5.92 Å². The van der Waals surface area contributed by atoms with Gasteiger partial charge in [-0.3, -0.25) is 0 Å². The standard InChI is InChI=1S/C25H38N2S/c1-4-6-7-8-9-10-11-12-13-22-18-26-25(27-19-22)23-14-16-24(17-15-23)28-20-21(3)5-2/h14-19,21H,4-13,20H2,1-3H3. The van der Waals surface area contributed by atoms with E-state index in [4.69, 9.17) is 0 Å². The van der Waals surface area contributed by atoms with Crippen LogP contribution in [0.2, 0.25) is 0 Å². The summed E-state index contributed by atoms with van der Waals surface area (Å²) < 4.78 is 0. The number of aromatic nitrogens is 2. The molecular formula is C25H38N2S. The van der Waals surface area contributed by atoms with E-state index in [-0.39, 0.29) is 0 Å². The molecule has 0 radical (unpaired) electrons. The van der Waals surface area contributed by atoms with E-state index in [1.807, 2.05) is 24.2 Å². The zero-order valence-corrected chi connectivity index (χ0v) is 18.9. The van der Waals surface area contributed by atoms with Crippen LogP contribution in [0.5, 0.6) is 0 Å². The second kappa shape index (κ2) is 13.8. The van der Waals surface area contributed by atoms with Gasteiger partial charge in [-0.1, -0.05) is 84.3 Å². The molecular weight excluding hydrogens is 360 g/mol. The summed E-state index contributed by atoms with van der Waals surface area (Å²) in [5.41, 5.74) is 2.36. The van der Waals surface area contributed by atoms with Gasteiger partial charge in [0.2, 0.25) is 0 Å². The Morgan fingerprint density at radius 3 is 2.04 bits per heavy atom. The first-order chi connectivity index (χ1) is 13.7. The first-order valence-corrected chi connectivity index (χ1v) is 12.3. The van der Waals surface area contributed by atoms with E-state index in [2.05, 4.69) is 55.0 Å². The number of nitrogens with zero attached hydrogens (tertiary/aromatic N) is 2. The van der Waals surface area contributed by atoms with Crippen molar-refractivity contribution in [1.29, 1.82) is 0 Å². The molecule has 1 atom stereocenters. The monoisotopic (exact) mass is 398 g/mol. The van der Waals surface area contributed by atoms with Crippen LogP contribution in [-0.2, 0) is 6.42 Å². The Morgan fingerprint density at radius 1 is 0.821 bits per heavy atom. The lowest BCUT2D eigenvalue weighted by Crippen LogP contribution is -1.95. The Bertz CT molecular complexity index is 637. The molecule has 0 aliphatic rings. The average molecular weight is 399 g/mol. The molecule has 0 bridgehead atoms. The van der Waals surface area contributed by atoms with Crippen LogP contribution < -0.4 is 0 Å². The summed E-state index contributed by atoms with van der Waals surface area (Å²) in [7, 11) is 0. The molecule has 28 heavy (non-hydrogen) atoms. The van der Waals surface area contributed by atoms with Gasteiger partial charge in [0.25, 0.3) is 0 Å². The van der Waals surface area contributed by atoms with Gasteiger partial charge in [-0.15, -0.1) is 11.8 Å². The van der Waals surface area contributed by atoms with Crippen molar-refractivity contribution in [1.82, 2.24) is 9.97 Å². The maximum absolute atomic E-state index is 4.60. The minimum absolute atomic E-state index is 0.765. The molecule has 1 heterocycles. The number of hydrogen-bond donors (Lipinski definition) is 0. The smallest absolute Gasteiger partial charge is 0.159 e. The molecule has 0 aliphatic carbocycles. The molecule has 0 spiro atoms. The zero-order chi connectivity index (χ0) is 20.0. The Hall–Kier alpha value is -1.35. The second-order valence-corrected chi connectivity index (χ2v) is 9.08. The van der Waals surface area contributed by atoms with Crippen molar-refractivity contribution in [2.45, 2.75) is 89.9 Å². The highest BCUT2D eigenvalue weighted by atomic mass is 32.2. The summed E-state index contributed by atoms with van der Waals surface area (Å²) in [4.78, 5) is 10.5. The van der Waals surface area contributed by atoms with Crippen molar-refractivity contribution in [3.63, 3.8) is 0 Å². The van der Waals surface area contributed by atoms with Crippen LogP contribution in [0.15, 0.2) is 41.6 Å². The van der Waals surface area contributed by atoms with E-state index in [1.165, 1.54) is 74.0 Å². The van der Waals surface area contributed by atoms with Crippen LogP contribution >= 0.6 is 11.8 Å². The summed E-state index contributed by atoms with van der Waals surface area (Å²) in [5, 5.41) is 0. The molecule has 2 aromatic rings. The number of rotatable bonds is 14. The molecule has 0 amide bonds. The molecule has 1 aromatic heterocycles. The number of aryl methyl sites for hydroxylation is 1. The normalized spacial score (nSPS) is 12.2. The Labute approximate surface area is 177 Å². The lowest BCUT2D eigenvalue weighted by molar-refractivity contribution is 0.575. The largest absolute Gasteiger partial charge is 0.236 e. The van der Waals surface area contributed by atoms with Gasteiger partial charge in [0.05, 0.1) is 0 Å². The molecule has 0 saturated heterocycles. The molecule has 0 N–H and O–H groups in total. The predicted molar refractivity (Wildman–Crippen MR) is 124 cm³/mol. The van der Waals surface area contributed by atoms with Crippen LogP contribution in [0.1, 0.15) is 84.1 Å². The summed E-state index contributed by atoms with van der Waals surface area (Å²) in [5.74, 6) is 2.78. The Morgan fingerprint density at radius 2 is 1.43 bits per heavy atom. The molecule has 2 rings (SSSR count). The highest BCUT2D eigenvalue weighted by Gasteiger charge is 2.04. The molecule has 0 fully saturated rings. The number of thioether (sulfide) groups is 1. The predicted octanol–water partition coefficient (Wildman–Crippen LogP) is 7.97. The van der Waals surface area contributed by atoms with Crippen molar-refractivity contribution in [2.24, 2.45) is 5.92 Å². The van der Waals surface area contributed by atoms with Crippen molar-refractivity contribution in [3.05, 3.63) is 42.2 Å². The van der Waals surface area contributed by atoms with Crippen molar-refractivity contribution in [3.8, 4) is 11.4 Å². The van der Waals surface area contributed by atoms with Crippen LogP contribution in [-0.4, -0.2) is 15.7 Å². The molecule has 3 heteroatoms. The Balaban J connectivity index is 1.71. The molecule has 154 valence electrons. The number of hydrogen-bond acceptors (Lipinski definition) is 3. The van der Waals surface area contributed by atoms with E-state index < -0.39 is 0 Å². The fraction of sp³-hybridized carbons (Fsp3) is 0.600. The third-order valence-electron chi connectivity index (χ3n) is 5.37. The molecule has 0 aliphatic heterocycles. The van der Waals surface area contributed by atoms with Gasteiger partial charge in [-0.2, -0.15) is 0 Å². The number of unbranched alkanes of at least 4 members (excludes halogenated alkanes) is 7. The van der Waals surface area contributed by atoms with Gasteiger partial charge in [0, 0.05) is 28.6 Å². The molecule has 0 saturated carbocycles. The van der Waals surface area contributed by atoms with E-state index >= 15 is 0 Å². The summed E-state index contributed by atoms with van der Waals surface area (Å²) in [6, 6.07) is 8.68. The topological polar surface area (TPSA) is 25.8 Å². The molecule has 2 nitrogen and oxygen atoms in total. The fourth-order valence-electron chi connectivity index (χ4n) is 3.15. The van der Waals surface area contributed by atoms with Gasteiger partial charge in [0.15, 0.2) is 5.82 Å². The molecule has 1 aromatic carbocycles. The van der Waals surface area contributed by atoms with E-state index in [0.29, 0.717) is 0 Å². The van der Waals surface area contributed by atoms with Crippen molar-refractivity contribution >= 4 is 11.8 Å². The minimum atomic E-state index is 0.765. The minimum Gasteiger partial charge on any atom is -0.236 e. The summed E-state index contributed by atoms with van der Waals surface area (Å²) >= 11 is 1.94. The average Bonchev–Trinajstić information content (AvgIpc) is 2.74. The van der Waals surface area contributed by atoms with Gasteiger partial charge in [0.1, 0.15) is 0 Å². The van der Waals surface area contributed by atoms with Gasteiger partial charge in [-0.05, 0) is 36.5 Å². The van der Waals surface area contributed by atoms with E-state index in [0.717, 1.165) is 23.7 Å². The quantitative estimate of drug-likeness (QED) is 0.238. The third-order valence-corrected chi connectivity index (χ3v) is 6.71. The van der Waals surface area contributed by atoms with E-state index in [9.17, 15) is 0 Å². The second-order valence-electron chi connectivity index (χ2n) is 7.99.